The molecule has 102 valence electrons. The van der Waals surface area contributed by atoms with E-state index in [0.29, 0.717) is 5.28 Å². The quantitative estimate of drug-likeness (QED) is 0.614. The van der Waals surface area contributed by atoms with Crippen LogP contribution in [0.4, 0.5) is 0 Å². The molecule has 1 aliphatic carbocycles. The minimum atomic E-state index is 0.310. The van der Waals surface area contributed by atoms with Crippen molar-refractivity contribution in [2.75, 3.05) is 0 Å². The van der Waals surface area contributed by atoms with Crippen molar-refractivity contribution in [3.05, 3.63) is 71.0 Å². The van der Waals surface area contributed by atoms with Gasteiger partial charge in [-0.15, -0.1) is 0 Å². The summed E-state index contributed by atoms with van der Waals surface area (Å²) in [5, 5.41) is 0.310. The highest BCUT2D eigenvalue weighted by molar-refractivity contribution is 6.28. The molecule has 0 atom stereocenters. The van der Waals surface area contributed by atoms with Gasteiger partial charge in [0.2, 0.25) is 5.28 Å². The van der Waals surface area contributed by atoms with Gasteiger partial charge >= 0.3 is 0 Å². The Morgan fingerprint density at radius 2 is 1.48 bits per heavy atom. The first-order valence-electron chi connectivity index (χ1n) is 7.03. The summed E-state index contributed by atoms with van der Waals surface area (Å²) >= 11 is 6.18. The molecule has 21 heavy (non-hydrogen) atoms. The van der Waals surface area contributed by atoms with E-state index in [1.54, 1.807) is 0 Å². The Balaban J connectivity index is 1.99. The Kier molecular flexibility index (Phi) is 2.97. The van der Waals surface area contributed by atoms with Crippen molar-refractivity contribution in [3.63, 3.8) is 0 Å². The Morgan fingerprint density at radius 3 is 2.33 bits per heavy atom. The molecule has 3 aromatic rings. The number of aromatic nitrogens is 2. The lowest BCUT2D eigenvalue weighted by Gasteiger charge is -2.21. The van der Waals surface area contributed by atoms with Crippen LogP contribution in [0, 0.1) is 0 Å². The van der Waals surface area contributed by atoms with Gasteiger partial charge in [-0.05, 0) is 30.0 Å². The van der Waals surface area contributed by atoms with E-state index in [1.165, 1.54) is 16.7 Å². The molecule has 0 saturated heterocycles. The summed E-state index contributed by atoms with van der Waals surface area (Å²) in [6.45, 7) is 0. The minimum absolute atomic E-state index is 0.310. The topological polar surface area (TPSA) is 25.8 Å². The minimum Gasteiger partial charge on any atom is -0.218 e. The highest BCUT2D eigenvalue weighted by Crippen LogP contribution is 2.37. The van der Waals surface area contributed by atoms with E-state index in [-0.39, 0.29) is 0 Å². The normalized spacial score (nSPS) is 12.6. The highest BCUT2D eigenvalue weighted by Gasteiger charge is 2.22. The maximum atomic E-state index is 6.18. The third kappa shape index (κ3) is 2.12. The SMILES string of the molecule is Clc1nc(-c2ccccc2)c2c(n1)-c1ccccc1CC2. The fourth-order valence-electron chi connectivity index (χ4n) is 2.98. The van der Waals surface area contributed by atoms with Crippen molar-refractivity contribution in [2.24, 2.45) is 0 Å². The summed E-state index contributed by atoms with van der Waals surface area (Å²) < 4.78 is 0. The molecular weight excluding hydrogens is 280 g/mol. The first kappa shape index (κ1) is 12.5. The smallest absolute Gasteiger partial charge is 0.218 e. The van der Waals surface area contributed by atoms with Crippen LogP contribution in [0.1, 0.15) is 11.1 Å². The maximum Gasteiger partial charge on any atom is 0.223 e. The second kappa shape index (κ2) is 4.97. The van der Waals surface area contributed by atoms with E-state index in [4.69, 9.17) is 11.6 Å². The summed E-state index contributed by atoms with van der Waals surface area (Å²) in [6, 6.07) is 18.6. The third-order valence-electron chi connectivity index (χ3n) is 3.94. The average molecular weight is 293 g/mol. The van der Waals surface area contributed by atoms with Gasteiger partial charge in [0, 0.05) is 16.7 Å². The summed E-state index contributed by atoms with van der Waals surface area (Å²) in [5.74, 6) is 0. The van der Waals surface area contributed by atoms with Crippen molar-refractivity contribution in [1.29, 1.82) is 0 Å². The molecule has 1 aromatic heterocycles. The van der Waals surface area contributed by atoms with Crippen LogP contribution < -0.4 is 0 Å². The van der Waals surface area contributed by atoms with E-state index in [0.717, 1.165) is 29.8 Å². The van der Waals surface area contributed by atoms with E-state index < -0.39 is 0 Å². The molecular formula is C18H13ClN2. The Bertz CT molecular complexity index is 795. The second-order valence-corrected chi connectivity index (χ2v) is 5.53. The zero-order valence-electron chi connectivity index (χ0n) is 11.4. The lowest BCUT2D eigenvalue weighted by molar-refractivity contribution is 0.914. The largest absolute Gasteiger partial charge is 0.223 e. The number of nitrogens with zero attached hydrogens (tertiary/aromatic N) is 2. The van der Waals surface area contributed by atoms with Gasteiger partial charge in [0.25, 0.3) is 0 Å². The molecule has 4 rings (SSSR count). The van der Waals surface area contributed by atoms with Crippen molar-refractivity contribution in [1.82, 2.24) is 9.97 Å². The zero-order chi connectivity index (χ0) is 14.2. The van der Waals surface area contributed by atoms with Gasteiger partial charge in [0.1, 0.15) is 0 Å². The molecule has 2 aromatic carbocycles. The lowest BCUT2D eigenvalue weighted by Crippen LogP contribution is -2.09. The number of aryl methyl sites for hydroxylation is 1. The van der Waals surface area contributed by atoms with Gasteiger partial charge in [-0.1, -0.05) is 54.6 Å². The molecule has 0 unspecified atom stereocenters. The Labute approximate surface area is 128 Å². The van der Waals surface area contributed by atoms with Crippen molar-refractivity contribution >= 4 is 11.6 Å². The summed E-state index contributed by atoms with van der Waals surface area (Å²) in [4.78, 5) is 8.98. The molecule has 3 heteroatoms. The summed E-state index contributed by atoms with van der Waals surface area (Å²) in [7, 11) is 0. The van der Waals surface area contributed by atoms with Crippen molar-refractivity contribution in [3.8, 4) is 22.5 Å². The first-order valence-corrected chi connectivity index (χ1v) is 7.41. The molecule has 1 heterocycles. The van der Waals surface area contributed by atoms with Crippen LogP contribution >= 0.6 is 11.6 Å². The lowest BCUT2D eigenvalue weighted by atomic mass is 9.87. The zero-order valence-corrected chi connectivity index (χ0v) is 12.1. The summed E-state index contributed by atoms with van der Waals surface area (Å²) in [6.07, 6.45) is 1.97. The van der Waals surface area contributed by atoms with Crippen LogP contribution in [0.2, 0.25) is 5.28 Å². The van der Waals surface area contributed by atoms with Crippen LogP contribution in [0.3, 0.4) is 0 Å². The van der Waals surface area contributed by atoms with Crippen molar-refractivity contribution in [2.45, 2.75) is 12.8 Å². The van der Waals surface area contributed by atoms with Crippen molar-refractivity contribution < 1.29 is 0 Å². The molecule has 0 amide bonds. The van der Waals surface area contributed by atoms with Gasteiger partial charge in [0.15, 0.2) is 0 Å². The van der Waals surface area contributed by atoms with E-state index in [2.05, 4.69) is 40.3 Å². The fraction of sp³-hybridized carbons (Fsp3) is 0.111. The Morgan fingerprint density at radius 1 is 0.762 bits per heavy atom. The highest BCUT2D eigenvalue weighted by atomic mass is 35.5. The summed E-state index contributed by atoms with van der Waals surface area (Å²) in [5.41, 5.74) is 6.75. The van der Waals surface area contributed by atoms with Crippen LogP contribution in [0.25, 0.3) is 22.5 Å². The first-order chi connectivity index (χ1) is 10.3. The molecule has 2 nitrogen and oxygen atoms in total. The van der Waals surface area contributed by atoms with Crippen LogP contribution in [-0.4, -0.2) is 9.97 Å². The maximum absolute atomic E-state index is 6.18. The number of fused-ring (bicyclic) bond motifs is 3. The van der Waals surface area contributed by atoms with E-state index in [1.807, 2.05) is 24.3 Å². The number of hydrogen-bond donors (Lipinski definition) is 0. The molecule has 0 saturated carbocycles. The molecule has 1 aliphatic rings. The molecule has 0 aliphatic heterocycles. The van der Waals surface area contributed by atoms with Crippen LogP contribution in [0.5, 0.6) is 0 Å². The van der Waals surface area contributed by atoms with Crippen LogP contribution in [0.15, 0.2) is 54.6 Å². The fourth-order valence-corrected chi connectivity index (χ4v) is 3.15. The Hall–Kier alpha value is -2.19. The van der Waals surface area contributed by atoms with Gasteiger partial charge in [-0.25, -0.2) is 9.97 Å². The molecule has 0 bridgehead atoms. The third-order valence-corrected chi connectivity index (χ3v) is 4.11. The average Bonchev–Trinajstić information content (AvgIpc) is 2.55. The standard InChI is InChI=1S/C18H13ClN2/c19-18-20-16(13-7-2-1-3-8-13)15-11-10-12-6-4-5-9-14(12)17(15)21-18/h1-9H,10-11H2. The van der Waals surface area contributed by atoms with Gasteiger partial charge in [-0.3, -0.25) is 0 Å². The number of halogens is 1. The molecule has 0 N–H and O–H groups in total. The molecule has 0 fully saturated rings. The van der Waals surface area contributed by atoms with E-state index >= 15 is 0 Å². The van der Waals surface area contributed by atoms with Gasteiger partial charge in [0.05, 0.1) is 11.4 Å². The van der Waals surface area contributed by atoms with Gasteiger partial charge < -0.3 is 0 Å². The predicted octanol–water partition coefficient (Wildman–Crippen LogP) is 4.56. The van der Waals surface area contributed by atoms with E-state index in [9.17, 15) is 0 Å². The molecule has 0 spiro atoms. The number of rotatable bonds is 1. The number of hydrogen-bond acceptors (Lipinski definition) is 2. The monoisotopic (exact) mass is 292 g/mol. The second-order valence-electron chi connectivity index (χ2n) is 5.19. The number of benzene rings is 2. The molecule has 0 radical (unpaired) electrons. The predicted molar refractivity (Wildman–Crippen MR) is 85.3 cm³/mol. The van der Waals surface area contributed by atoms with Crippen LogP contribution in [-0.2, 0) is 12.8 Å². The van der Waals surface area contributed by atoms with Gasteiger partial charge in [-0.2, -0.15) is 0 Å².